The summed E-state index contributed by atoms with van der Waals surface area (Å²) in [6, 6.07) is 13.9. The molecule has 0 bridgehead atoms. The van der Waals surface area contributed by atoms with Crippen molar-refractivity contribution in [1.29, 1.82) is 0 Å². The van der Waals surface area contributed by atoms with Crippen LogP contribution < -0.4 is 5.32 Å². The number of pyridine rings is 1. The molecule has 1 aromatic heterocycles. The van der Waals surface area contributed by atoms with Crippen LogP contribution >= 0.6 is 11.6 Å². The number of anilines is 1. The van der Waals surface area contributed by atoms with Gasteiger partial charge in [-0.15, -0.1) is 6.58 Å². The number of hydrogen-bond acceptors (Lipinski definition) is 2. The Bertz CT molecular complexity index is 509. The van der Waals surface area contributed by atoms with E-state index in [0.29, 0.717) is 11.7 Å². The molecule has 0 unspecified atom stereocenters. The van der Waals surface area contributed by atoms with Crippen LogP contribution in [-0.4, -0.2) is 11.5 Å². The monoisotopic (exact) mass is 244 g/mol. The van der Waals surface area contributed by atoms with Gasteiger partial charge in [0.1, 0.15) is 11.0 Å². The van der Waals surface area contributed by atoms with Gasteiger partial charge in [0, 0.05) is 6.54 Å². The highest BCUT2D eigenvalue weighted by Crippen LogP contribution is 2.24. The van der Waals surface area contributed by atoms with Crippen LogP contribution in [0, 0.1) is 0 Å². The summed E-state index contributed by atoms with van der Waals surface area (Å²) in [5.74, 6) is 0.760. The molecule has 0 aliphatic carbocycles. The fourth-order valence-corrected chi connectivity index (χ4v) is 1.77. The molecule has 86 valence electrons. The van der Waals surface area contributed by atoms with E-state index in [-0.39, 0.29) is 0 Å². The first kappa shape index (κ1) is 11.7. The molecule has 0 saturated heterocycles. The third-order valence-corrected chi connectivity index (χ3v) is 2.52. The normalized spacial score (nSPS) is 9.94. The van der Waals surface area contributed by atoms with Crippen molar-refractivity contribution in [2.45, 2.75) is 0 Å². The summed E-state index contributed by atoms with van der Waals surface area (Å²) in [7, 11) is 0. The second-order valence-corrected chi connectivity index (χ2v) is 3.99. The van der Waals surface area contributed by atoms with Crippen LogP contribution in [-0.2, 0) is 0 Å². The minimum atomic E-state index is 0.484. The maximum atomic E-state index is 6.00. The van der Waals surface area contributed by atoms with Crippen molar-refractivity contribution in [1.82, 2.24) is 4.98 Å². The third-order valence-electron chi connectivity index (χ3n) is 2.33. The lowest BCUT2D eigenvalue weighted by molar-refractivity contribution is 1.23. The summed E-state index contributed by atoms with van der Waals surface area (Å²) in [6.07, 6.45) is 1.78. The van der Waals surface area contributed by atoms with E-state index < -0.39 is 0 Å². The smallest absolute Gasteiger partial charge is 0.132 e. The van der Waals surface area contributed by atoms with Crippen molar-refractivity contribution in [3.63, 3.8) is 0 Å². The molecule has 0 aliphatic rings. The molecule has 0 spiro atoms. The summed E-state index contributed by atoms with van der Waals surface area (Å²) < 4.78 is 0. The lowest BCUT2D eigenvalue weighted by Gasteiger charge is -2.07. The van der Waals surface area contributed by atoms with Gasteiger partial charge < -0.3 is 5.32 Å². The topological polar surface area (TPSA) is 24.9 Å². The van der Waals surface area contributed by atoms with Gasteiger partial charge in [0.05, 0.1) is 0 Å². The number of benzene rings is 1. The number of hydrogen-bond donors (Lipinski definition) is 1. The van der Waals surface area contributed by atoms with Crippen molar-refractivity contribution >= 4 is 17.4 Å². The average Bonchev–Trinajstić information content (AvgIpc) is 2.37. The van der Waals surface area contributed by atoms with Crippen molar-refractivity contribution in [2.24, 2.45) is 0 Å². The van der Waals surface area contributed by atoms with Gasteiger partial charge in [-0.2, -0.15) is 0 Å². The number of rotatable bonds is 4. The van der Waals surface area contributed by atoms with Gasteiger partial charge in [0.25, 0.3) is 0 Å². The zero-order chi connectivity index (χ0) is 12.1. The molecule has 0 radical (unpaired) electrons. The number of halogens is 1. The van der Waals surface area contributed by atoms with Gasteiger partial charge in [0.2, 0.25) is 0 Å². The summed E-state index contributed by atoms with van der Waals surface area (Å²) in [5.41, 5.74) is 2.18. The van der Waals surface area contributed by atoms with Gasteiger partial charge in [0.15, 0.2) is 0 Å². The Balaban J connectivity index is 2.35. The molecule has 0 atom stereocenters. The quantitative estimate of drug-likeness (QED) is 0.650. The number of nitrogens with zero attached hydrogens (tertiary/aromatic N) is 1. The highest BCUT2D eigenvalue weighted by molar-refractivity contribution is 6.29. The molecule has 1 N–H and O–H groups in total. The molecular weight excluding hydrogens is 232 g/mol. The van der Waals surface area contributed by atoms with Crippen molar-refractivity contribution in [3.8, 4) is 11.1 Å². The van der Waals surface area contributed by atoms with E-state index in [1.165, 1.54) is 0 Å². The molecule has 17 heavy (non-hydrogen) atoms. The van der Waals surface area contributed by atoms with Crippen LogP contribution in [0.5, 0.6) is 0 Å². The Morgan fingerprint density at radius 2 is 1.94 bits per heavy atom. The van der Waals surface area contributed by atoms with E-state index in [9.17, 15) is 0 Å². The van der Waals surface area contributed by atoms with Gasteiger partial charge in [-0.05, 0) is 23.3 Å². The average molecular weight is 245 g/mol. The Morgan fingerprint density at radius 3 is 2.65 bits per heavy atom. The molecule has 1 aromatic carbocycles. The molecular formula is C14H13ClN2. The first-order valence-corrected chi connectivity index (χ1v) is 5.75. The second-order valence-electron chi connectivity index (χ2n) is 3.60. The molecule has 0 amide bonds. The fourth-order valence-electron chi connectivity index (χ4n) is 1.56. The second kappa shape index (κ2) is 5.51. The first-order valence-electron chi connectivity index (χ1n) is 5.37. The van der Waals surface area contributed by atoms with Gasteiger partial charge in [-0.3, -0.25) is 0 Å². The van der Waals surface area contributed by atoms with Crippen molar-refractivity contribution < 1.29 is 0 Å². The lowest BCUT2D eigenvalue weighted by atomic mass is 10.1. The first-order chi connectivity index (χ1) is 8.29. The van der Waals surface area contributed by atoms with Gasteiger partial charge in [-0.1, -0.05) is 48.0 Å². The van der Waals surface area contributed by atoms with Crippen LogP contribution in [0.15, 0.2) is 55.1 Å². The molecule has 1 heterocycles. The van der Waals surface area contributed by atoms with E-state index in [2.05, 4.69) is 16.9 Å². The molecule has 0 fully saturated rings. The lowest BCUT2D eigenvalue weighted by Crippen LogP contribution is -2.00. The Labute approximate surface area is 106 Å². The van der Waals surface area contributed by atoms with Crippen LogP contribution in [0.1, 0.15) is 0 Å². The van der Waals surface area contributed by atoms with Crippen LogP contribution in [0.3, 0.4) is 0 Å². The van der Waals surface area contributed by atoms with E-state index in [1.807, 2.05) is 42.5 Å². The molecule has 2 aromatic rings. The number of nitrogens with one attached hydrogen (secondary N) is 1. The fraction of sp³-hybridized carbons (Fsp3) is 0.0714. The predicted molar refractivity (Wildman–Crippen MR) is 73.4 cm³/mol. The molecule has 2 rings (SSSR count). The summed E-state index contributed by atoms with van der Waals surface area (Å²) >= 11 is 6.00. The largest absolute Gasteiger partial charge is 0.367 e. The summed E-state index contributed by atoms with van der Waals surface area (Å²) in [4.78, 5) is 4.20. The maximum Gasteiger partial charge on any atom is 0.132 e. The molecule has 2 nitrogen and oxygen atoms in total. The Hall–Kier alpha value is -1.80. The Morgan fingerprint density at radius 1 is 1.18 bits per heavy atom. The SMILES string of the molecule is C=CCNc1cc(-c2ccccc2)cc(Cl)n1. The highest BCUT2D eigenvalue weighted by atomic mass is 35.5. The van der Waals surface area contributed by atoms with Crippen LogP contribution in [0.2, 0.25) is 5.15 Å². The third kappa shape index (κ3) is 3.08. The molecule has 3 heteroatoms. The van der Waals surface area contributed by atoms with E-state index in [4.69, 9.17) is 11.6 Å². The predicted octanol–water partition coefficient (Wildman–Crippen LogP) is 4.00. The van der Waals surface area contributed by atoms with Crippen molar-refractivity contribution in [2.75, 3.05) is 11.9 Å². The number of aromatic nitrogens is 1. The summed E-state index contributed by atoms with van der Waals surface area (Å²) in [6.45, 7) is 4.32. The van der Waals surface area contributed by atoms with Gasteiger partial charge in [-0.25, -0.2) is 4.98 Å². The standard InChI is InChI=1S/C14H13ClN2/c1-2-8-16-14-10-12(9-13(15)17-14)11-6-4-3-5-7-11/h2-7,9-10H,1,8H2,(H,16,17). The maximum absolute atomic E-state index is 6.00. The minimum Gasteiger partial charge on any atom is -0.367 e. The van der Waals surface area contributed by atoms with E-state index in [0.717, 1.165) is 16.9 Å². The Kier molecular flexibility index (Phi) is 3.78. The van der Waals surface area contributed by atoms with Gasteiger partial charge >= 0.3 is 0 Å². The van der Waals surface area contributed by atoms with E-state index in [1.54, 1.807) is 6.08 Å². The van der Waals surface area contributed by atoms with Crippen LogP contribution in [0.4, 0.5) is 5.82 Å². The molecule has 0 saturated carbocycles. The van der Waals surface area contributed by atoms with E-state index >= 15 is 0 Å². The van der Waals surface area contributed by atoms with Crippen molar-refractivity contribution in [3.05, 3.63) is 60.3 Å². The highest BCUT2D eigenvalue weighted by Gasteiger charge is 2.02. The minimum absolute atomic E-state index is 0.484. The summed E-state index contributed by atoms with van der Waals surface area (Å²) in [5, 5.41) is 3.62. The van der Waals surface area contributed by atoms with Crippen LogP contribution in [0.25, 0.3) is 11.1 Å². The zero-order valence-electron chi connectivity index (χ0n) is 9.36. The molecule has 0 aliphatic heterocycles. The zero-order valence-corrected chi connectivity index (χ0v) is 10.1.